The number of nitro groups is 1. The van der Waals surface area contributed by atoms with Crippen LogP contribution >= 0.6 is 0 Å². The van der Waals surface area contributed by atoms with Gasteiger partial charge in [0.15, 0.2) is 0 Å². The molecule has 0 spiro atoms. The van der Waals surface area contributed by atoms with Crippen LogP contribution in [0.25, 0.3) is 0 Å². The SMILES string of the molecule is O=[N+]([O-])c1cccc(CNCCn2cccn2)c1. The molecule has 1 aromatic heterocycles. The third-order valence-corrected chi connectivity index (χ3v) is 2.53. The number of aromatic nitrogens is 2. The molecule has 2 aromatic rings. The molecular formula is C12H14N4O2. The quantitative estimate of drug-likeness (QED) is 0.477. The van der Waals surface area contributed by atoms with Crippen molar-refractivity contribution in [1.82, 2.24) is 15.1 Å². The van der Waals surface area contributed by atoms with E-state index < -0.39 is 0 Å². The zero-order valence-electron chi connectivity index (χ0n) is 9.82. The average Bonchev–Trinajstić information content (AvgIpc) is 2.88. The van der Waals surface area contributed by atoms with Crippen molar-refractivity contribution in [2.75, 3.05) is 6.54 Å². The largest absolute Gasteiger partial charge is 0.311 e. The minimum Gasteiger partial charge on any atom is -0.311 e. The van der Waals surface area contributed by atoms with Crippen LogP contribution in [-0.4, -0.2) is 21.2 Å². The molecule has 1 aromatic carbocycles. The Morgan fingerprint density at radius 1 is 1.39 bits per heavy atom. The highest BCUT2D eigenvalue weighted by molar-refractivity contribution is 5.34. The lowest BCUT2D eigenvalue weighted by molar-refractivity contribution is -0.384. The van der Waals surface area contributed by atoms with Gasteiger partial charge in [-0.25, -0.2) is 0 Å². The Hall–Kier alpha value is -2.21. The number of nitrogens with zero attached hydrogens (tertiary/aromatic N) is 3. The highest BCUT2D eigenvalue weighted by atomic mass is 16.6. The van der Waals surface area contributed by atoms with Crippen molar-refractivity contribution in [3.05, 3.63) is 58.4 Å². The summed E-state index contributed by atoms with van der Waals surface area (Å²) in [6, 6.07) is 8.52. The summed E-state index contributed by atoms with van der Waals surface area (Å²) in [6.45, 7) is 2.16. The van der Waals surface area contributed by atoms with Crippen molar-refractivity contribution < 1.29 is 4.92 Å². The van der Waals surface area contributed by atoms with E-state index in [-0.39, 0.29) is 10.6 Å². The molecule has 6 nitrogen and oxygen atoms in total. The van der Waals surface area contributed by atoms with Crippen molar-refractivity contribution >= 4 is 5.69 Å². The van der Waals surface area contributed by atoms with Gasteiger partial charge in [-0.1, -0.05) is 12.1 Å². The van der Waals surface area contributed by atoms with Crippen molar-refractivity contribution in [1.29, 1.82) is 0 Å². The first-order valence-corrected chi connectivity index (χ1v) is 5.67. The van der Waals surface area contributed by atoms with Crippen LogP contribution in [0.2, 0.25) is 0 Å². The molecule has 0 radical (unpaired) electrons. The maximum absolute atomic E-state index is 10.6. The molecule has 2 rings (SSSR count). The second kappa shape index (κ2) is 5.92. The second-order valence-corrected chi connectivity index (χ2v) is 3.87. The molecule has 18 heavy (non-hydrogen) atoms. The lowest BCUT2D eigenvalue weighted by Gasteiger charge is -2.05. The second-order valence-electron chi connectivity index (χ2n) is 3.87. The van der Waals surface area contributed by atoms with Gasteiger partial charge >= 0.3 is 0 Å². The summed E-state index contributed by atoms with van der Waals surface area (Å²) in [5.41, 5.74) is 1.03. The van der Waals surface area contributed by atoms with Gasteiger partial charge in [0.05, 0.1) is 11.5 Å². The van der Waals surface area contributed by atoms with E-state index in [9.17, 15) is 10.1 Å². The third kappa shape index (κ3) is 3.39. The molecule has 1 heterocycles. The van der Waals surface area contributed by atoms with E-state index in [4.69, 9.17) is 0 Å². The molecule has 0 unspecified atom stereocenters. The van der Waals surface area contributed by atoms with E-state index in [0.717, 1.165) is 18.7 Å². The fourth-order valence-electron chi connectivity index (χ4n) is 1.64. The Morgan fingerprint density at radius 3 is 3.00 bits per heavy atom. The van der Waals surface area contributed by atoms with Gasteiger partial charge in [0, 0.05) is 37.6 Å². The first kappa shape index (κ1) is 12.3. The van der Waals surface area contributed by atoms with E-state index >= 15 is 0 Å². The molecule has 0 aliphatic rings. The zero-order chi connectivity index (χ0) is 12.8. The summed E-state index contributed by atoms with van der Waals surface area (Å²) in [4.78, 5) is 10.2. The predicted octanol–water partition coefficient (Wildman–Crippen LogP) is 1.58. The Balaban J connectivity index is 1.79. The predicted molar refractivity (Wildman–Crippen MR) is 67.0 cm³/mol. The van der Waals surface area contributed by atoms with Gasteiger partial charge in [-0.2, -0.15) is 5.10 Å². The number of nitrogens with one attached hydrogen (secondary N) is 1. The van der Waals surface area contributed by atoms with Crippen molar-refractivity contribution in [2.24, 2.45) is 0 Å². The van der Waals surface area contributed by atoms with Crippen LogP contribution in [0.3, 0.4) is 0 Å². The standard InChI is InChI=1S/C12H14N4O2/c17-16(18)12-4-1-3-11(9-12)10-13-6-8-15-7-2-5-14-15/h1-5,7,9,13H,6,8,10H2. The van der Waals surface area contributed by atoms with Gasteiger partial charge in [-0.15, -0.1) is 0 Å². The first-order valence-electron chi connectivity index (χ1n) is 5.67. The van der Waals surface area contributed by atoms with Crippen LogP contribution in [-0.2, 0) is 13.1 Å². The molecular weight excluding hydrogens is 232 g/mol. The van der Waals surface area contributed by atoms with Gasteiger partial charge in [0.1, 0.15) is 0 Å². The molecule has 94 valence electrons. The molecule has 0 saturated carbocycles. The van der Waals surface area contributed by atoms with Gasteiger partial charge < -0.3 is 5.32 Å². The summed E-state index contributed by atoms with van der Waals surface area (Å²) in [5, 5.41) is 17.9. The lowest BCUT2D eigenvalue weighted by atomic mass is 10.2. The highest BCUT2D eigenvalue weighted by Crippen LogP contribution is 2.12. The Labute approximate surface area is 104 Å². The Bertz CT molecular complexity index is 511. The summed E-state index contributed by atoms with van der Waals surface area (Å²) in [6.07, 6.45) is 3.63. The van der Waals surface area contributed by atoms with E-state index in [0.29, 0.717) is 6.54 Å². The van der Waals surface area contributed by atoms with Crippen LogP contribution < -0.4 is 5.32 Å². The molecule has 0 bridgehead atoms. The Kier molecular flexibility index (Phi) is 4.03. The molecule has 0 fully saturated rings. The normalized spacial score (nSPS) is 10.4. The number of hydrogen-bond donors (Lipinski definition) is 1. The van der Waals surface area contributed by atoms with Crippen LogP contribution in [0.15, 0.2) is 42.7 Å². The van der Waals surface area contributed by atoms with Crippen molar-refractivity contribution in [3.8, 4) is 0 Å². The van der Waals surface area contributed by atoms with E-state index in [1.165, 1.54) is 6.07 Å². The molecule has 0 atom stereocenters. The average molecular weight is 246 g/mol. The van der Waals surface area contributed by atoms with Gasteiger partial charge in [0.2, 0.25) is 0 Å². The zero-order valence-corrected chi connectivity index (χ0v) is 9.82. The van der Waals surface area contributed by atoms with Crippen molar-refractivity contribution in [2.45, 2.75) is 13.1 Å². The van der Waals surface area contributed by atoms with Gasteiger partial charge in [-0.05, 0) is 11.6 Å². The minimum atomic E-state index is -0.382. The summed E-state index contributed by atoms with van der Waals surface area (Å²) in [5.74, 6) is 0. The maximum atomic E-state index is 10.6. The van der Waals surface area contributed by atoms with Crippen molar-refractivity contribution in [3.63, 3.8) is 0 Å². The minimum absolute atomic E-state index is 0.126. The van der Waals surface area contributed by atoms with Crippen LogP contribution in [0, 0.1) is 10.1 Å². The third-order valence-electron chi connectivity index (χ3n) is 2.53. The van der Waals surface area contributed by atoms with Crippen LogP contribution in [0.4, 0.5) is 5.69 Å². The topological polar surface area (TPSA) is 73.0 Å². The smallest absolute Gasteiger partial charge is 0.269 e. The van der Waals surface area contributed by atoms with Gasteiger partial charge in [-0.3, -0.25) is 14.8 Å². The Morgan fingerprint density at radius 2 is 2.28 bits per heavy atom. The molecule has 0 amide bonds. The summed E-state index contributed by atoms with van der Waals surface area (Å²) >= 11 is 0. The van der Waals surface area contributed by atoms with Crippen LogP contribution in [0.5, 0.6) is 0 Å². The lowest BCUT2D eigenvalue weighted by Crippen LogP contribution is -2.19. The fourth-order valence-corrected chi connectivity index (χ4v) is 1.64. The summed E-state index contributed by atoms with van der Waals surface area (Å²) < 4.78 is 1.83. The number of benzene rings is 1. The molecule has 0 saturated heterocycles. The monoisotopic (exact) mass is 246 g/mol. The summed E-state index contributed by atoms with van der Waals surface area (Å²) in [7, 11) is 0. The number of rotatable bonds is 6. The highest BCUT2D eigenvalue weighted by Gasteiger charge is 2.04. The molecule has 1 N–H and O–H groups in total. The molecule has 6 heteroatoms. The van der Waals surface area contributed by atoms with E-state index in [2.05, 4.69) is 10.4 Å². The van der Waals surface area contributed by atoms with E-state index in [1.54, 1.807) is 18.3 Å². The number of nitro benzene ring substituents is 1. The van der Waals surface area contributed by atoms with E-state index in [1.807, 2.05) is 23.0 Å². The van der Waals surface area contributed by atoms with Crippen LogP contribution in [0.1, 0.15) is 5.56 Å². The fraction of sp³-hybridized carbons (Fsp3) is 0.250. The number of hydrogen-bond acceptors (Lipinski definition) is 4. The van der Waals surface area contributed by atoms with Gasteiger partial charge in [0.25, 0.3) is 5.69 Å². The number of non-ortho nitro benzene ring substituents is 1. The maximum Gasteiger partial charge on any atom is 0.269 e. The molecule has 0 aliphatic carbocycles. The first-order chi connectivity index (χ1) is 8.75. The molecule has 0 aliphatic heterocycles.